The van der Waals surface area contributed by atoms with E-state index in [0.29, 0.717) is 12.0 Å². The smallest absolute Gasteiger partial charge is 0.225 e. The van der Waals surface area contributed by atoms with Crippen LogP contribution in [0.25, 0.3) is 0 Å². The van der Waals surface area contributed by atoms with Gasteiger partial charge in [-0.25, -0.2) is 9.97 Å². The topological polar surface area (TPSA) is 73.9 Å². The summed E-state index contributed by atoms with van der Waals surface area (Å²) in [5.41, 5.74) is 6.21. The Hall–Kier alpha value is -1.16. The summed E-state index contributed by atoms with van der Waals surface area (Å²) in [7, 11) is 4.26. The predicted molar refractivity (Wildman–Crippen MR) is 108 cm³/mol. The summed E-state index contributed by atoms with van der Waals surface area (Å²) >= 11 is 0. The van der Waals surface area contributed by atoms with E-state index in [1.165, 1.54) is 12.8 Å². The third-order valence-electron chi connectivity index (χ3n) is 4.71. The Morgan fingerprint density at radius 2 is 1.88 bits per heavy atom. The molecule has 0 bridgehead atoms. The summed E-state index contributed by atoms with van der Waals surface area (Å²) in [6, 6.07) is 2.36. The highest BCUT2D eigenvalue weighted by molar-refractivity contribution is 14.0. The average molecular weight is 445 g/mol. The Morgan fingerprint density at radius 1 is 1.25 bits per heavy atom. The Kier molecular flexibility index (Phi) is 7.02. The van der Waals surface area contributed by atoms with Gasteiger partial charge in [0.2, 0.25) is 5.95 Å². The van der Waals surface area contributed by atoms with Crippen LogP contribution >= 0.6 is 24.0 Å². The van der Waals surface area contributed by atoms with E-state index in [-0.39, 0.29) is 24.0 Å². The highest BCUT2D eigenvalue weighted by Gasteiger charge is 2.32. The van der Waals surface area contributed by atoms with Gasteiger partial charge in [-0.1, -0.05) is 0 Å². The molecule has 1 aromatic rings. The Bertz CT molecular complexity index is 522. The van der Waals surface area contributed by atoms with Gasteiger partial charge in [0, 0.05) is 44.6 Å². The highest BCUT2D eigenvalue weighted by atomic mass is 127. The minimum atomic E-state index is 0. The molecule has 2 N–H and O–H groups in total. The summed E-state index contributed by atoms with van der Waals surface area (Å²) in [6.07, 6.45) is 6.22. The first-order valence-corrected chi connectivity index (χ1v) is 8.38. The number of halogens is 1. The van der Waals surface area contributed by atoms with Gasteiger partial charge in [-0.05, 0) is 38.9 Å². The first kappa shape index (κ1) is 19.2. The van der Waals surface area contributed by atoms with Crippen molar-refractivity contribution in [3.8, 4) is 0 Å². The number of piperazine rings is 1. The van der Waals surface area contributed by atoms with Crippen LogP contribution < -0.4 is 10.6 Å². The third-order valence-corrected chi connectivity index (χ3v) is 4.71. The monoisotopic (exact) mass is 445 g/mol. The van der Waals surface area contributed by atoms with Crippen LogP contribution in [-0.2, 0) is 0 Å². The van der Waals surface area contributed by atoms with E-state index in [0.717, 1.165) is 44.6 Å². The zero-order valence-corrected chi connectivity index (χ0v) is 16.8. The van der Waals surface area contributed by atoms with Crippen LogP contribution in [0.3, 0.4) is 0 Å². The molecule has 7 nitrogen and oxygen atoms in total. The number of nitrogens with two attached hydrogens (primary N) is 1. The number of anilines is 1. The summed E-state index contributed by atoms with van der Waals surface area (Å²) in [4.78, 5) is 19.9. The van der Waals surface area contributed by atoms with E-state index in [1.54, 1.807) is 12.4 Å². The number of hydrogen-bond acceptors (Lipinski definition) is 5. The molecule has 1 aliphatic heterocycles. The molecule has 2 heterocycles. The van der Waals surface area contributed by atoms with Gasteiger partial charge < -0.3 is 20.4 Å². The molecule has 134 valence electrons. The lowest BCUT2D eigenvalue weighted by molar-refractivity contribution is 0.270. The fraction of sp³-hybridized carbons (Fsp3) is 0.688. The second-order valence-electron chi connectivity index (χ2n) is 6.59. The second kappa shape index (κ2) is 8.80. The van der Waals surface area contributed by atoms with Gasteiger partial charge in [0.25, 0.3) is 0 Å². The SMILES string of the molecule is CN(C)C(CN=C(N)N1CCN(c2ncccn2)CC1)C1CC1.I. The summed E-state index contributed by atoms with van der Waals surface area (Å²) in [5.74, 6) is 2.27. The molecule has 0 radical (unpaired) electrons. The van der Waals surface area contributed by atoms with Crippen molar-refractivity contribution in [2.45, 2.75) is 18.9 Å². The number of likely N-dealkylation sites (N-methyl/N-ethyl adjacent to an activating group) is 1. The van der Waals surface area contributed by atoms with Crippen molar-refractivity contribution in [3.63, 3.8) is 0 Å². The van der Waals surface area contributed by atoms with Crippen LogP contribution in [0.15, 0.2) is 23.5 Å². The molecule has 24 heavy (non-hydrogen) atoms. The van der Waals surface area contributed by atoms with Gasteiger partial charge in [0.1, 0.15) is 0 Å². The third kappa shape index (κ3) is 4.92. The average Bonchev–Trinajstić information content (AvgIpc) is 3.40. The molecule has 1 saturated carbocycles. The second-order valence-corrected chi connectivity index (χ2v) is 6.59. The Balaban J connectivity index is 0.00000208. The molecule has 8 heteroatoms. The molecule has 0 amide bonds. The first-order chi connectivity index (χ1) is 11.1. The highest BCUT2D eigenvalue weighted by Crippen LogP contribution is 2.34. The van der Waals surface area contributed by atoms with Gasteiger partial charge in [0.05, 0.1) is 6.54 Å². The van der Waals surface area contributed by atoms with E-state index >= 15 is 0 Å². The minimum Gasteiger partial charge on any atom is -0.370 e. The molecule has 1 aliphatic carbocycles. The summed E-state index contributed by atoms with van der Waals surface area (Å²) in [6.45, 7) is 4.28. The fourth-order valence-electron chi connectivity index (χ4n) is 3.09. The molecule has 3 rings (SSSR count). The number of aromatic nitrogens is 2. The van der Waals surface area contributed by atoms with Crippen molar-refractivity contribution < 1.29 is 0 Å². The number of nitrogens with zero attached hydrogens (tertiary/aromatic N) is 6. The van der Waals surface area contributed by atoms with E-state index in [1.807, 2.05) is 6.07 Å². The molecule has 1 unspecified atom stereocenters. The first-order valence-electron chi connectivity index (χ1n) is 8.38. The van der Waals surface area contributed by atoms with E-state index in [2.05, 4.69) is 43.8 Å². The lowest BCUT2D eigenvalue weighted by Gasteiger charge is -2.35. The zero-order chi connectivity index (χ0) is 16.2. The van der Waals surface area contributed by atoms with Crippen molar-refractivity contribution in [2.75, 3.05) is 51.7 Å². The van der Waals surface area contributed by atoms with Crippen LogP contribution in [-0.4, -0.2) is 78.6 Å². The normalized spacial score (nSPS) is 20.0. The molecular formula is C16H28IN7. The predicted octanol–water partition coefficient (Wildman–Crippen LogP) is 0.871. The Labute approximate surface area is 161 Å². The molecule has 1 saturated heterocycles. The molecule has 1 atom stereocenters. The van der Waals surface area contributed by atoms with Crippen LogP contribution in [0.5, 0.6) is 0 Å². The van der Waals surface area contributed by atoms with E-state index in [4.69, 9.17) is 5.73 Å². The van der Waals surface area contributed by atoms with E-state index < -0.39 is 0 Å². The lowest BCUT2D eigenvalue weighted by Crippen LogP contribution is -2.51. The van der Waals surface area contributed by atoms with Gasteiger partial charge >= 0.3 is 0 Å². The maximum Gasteiger partial charge on any atom is 0.225 e. The lowest BCUT2D eigenvalue weighted by atomic mass is 10.2. The number of aliphatic imine (C=N–C) groups is 1. The number of guanidine groups is 1. The molecular weight excluding hydrogens is 417 g/mol. The number of hydrogen-bond donors (Lipinski definition) is 1. The van der Waals surface area contributed by atoms with Crippen molar-refractivity contribution in [1.82, 2.24) is 19.8 Å². The molecule has 0 spiro atoms. The van der Waals surface area contributed by atoms with Gasteiger partial charge in [-0.2, -0.15) is 0 Å². The maximum atomic E-state index is 6.21. The molecule has 2 aliphatic rings. The fourth-order valence-corrected chi connectivity index (χ4v) is 3.09. The van der Waals surface area contributed by atoms with Crippen molar-refractivity contribution in [2.24, 2.45) is 16.6 Å². The van der Waals surface area contributed by atoms with Gasteiger partial charge in [-0.15, -0.1) is 24.0 Å². The largest absolute Gasteiger partial charge is 0.370 e. The molecule has 2 fully saturated rings. The van der Waals surface area contributed by atoms with Crippen LogP contribution in [0.1, 0.15) is 12.8 Å². The van der Waals surface area contributed by atoms with Crippen molar-refractivity contribution in [1.29, 1.82) is 0 Å². The zero-order valence-electron chi connectivity index (χ0n) is 14.5. The summed E-state index contributed by atoms with van der Waals surface area (Å²) < 4.78 is 0. The van der Waals surface area contributed by atoms with Crippen molar-refractivity contribution in [3.05, 3.63) is 18.5 Å². The van der Waals surface area contributed by atoms with Crippen LogP contribution in [0.2, 0.25) is 0 Å². The minimum absolute atomic E-state index is 0. The standard InChI is InChI=1S/C16H27N7.HI/c1-21(2)14(13-4-5-13)12-20-15(17)22-8-10-23(11-9-22)16-18-6-3-7-19-16;/h3,6-7,13-14H,4-5,8-12H2,1-2H3,(H2,17,20);1H. The Morgan fingerprint density at radius 3 is 2.42 bits per heavy atom. The van der Waals surface area contributed by atoms with Gasteiger partial charge in [-0.3, -0.25) is 4.99 Å². The molecule has 1 aromatic heterocycles. The molecule has 0 aromatic carbocycles. The quantitative estimate of drug-likeness (QED) is 0.412. The maximum absolute atomic E-state index is 6.21. The van der Waals surface area contributed by atoms with Crippen LogP contribution in [0.4, 0.5) is 5.95 Å². The van der Waals surface area contributed by atoms with Crippen LogP contribution in [0, 0.1) is 5.92 Å². The van der Waals surface area contributed by atoms with Gasteiger partial charge in [0.15, 0.2) is 5.96 Å². The van der Waals surface area contributed by atoms with E-state index in [9.17, 15) is 0 Å². The summed E-state index contributed by atoms with van der Waals surface area (Å²) in [5, 5.41) is 0. The van der Waals surface area contributed by atoms with Crippen molar-refractivity contribution >= 4 is 35.9 Å². The number of rotatable bonds is 5.